The lowest BCUT2D eigenvalue weighted by Gasteiger charge is -2.10. The summed E-state index contributed by atoms with van der Waals surface area (Å²) in [7, 11) is -0.382. The van der Waals surface area contributed by atoms with Crippen molar-refractivity contribution in [3.8, 4) is 0 Å². The fraction of sp³-hybridized carbons (Fsp3) is 0.143. The molecule has 0 aliphatic rings. The number of fused-ring (bicyclic) bond motifs is 3. The van der Waals surface area contributed by atoms with Crippen LogP contribution in [0.1, 0.15) is 0 Å². The Balaban J connectivity index is 2.34. The lowest BCUT2D eigenvalue weighted by atomic mass is 10.1. The van der Waals surface area contributed by atoms with Gasteiger partial charge in [-0.1, -0.05) is 18.2 Å². The second kappa shape index (κ2) is 4.08. The quantitative estimate of drug-likeness (QED) is 0.722. The van der Waals surface area contributed by atoms with E-state index < -0.39 is 10.0 Å². The Kier molecular flexibility index (Phi) is 2.62. The van der Waals surface area contributed by atoms with Crippen LogP contribution in [0.2, 0.25) is 0 Å². The number of benzene rings is 2. The third-order valence-corrected chi connectivity index (χ3v) is 4.94. The predicted molar refractivity (Wildman–Crippen MR) is 74.6 cm³/mol. The number of nitrogens with zero attached hydrogens (tertiary/aromatic N) is 1. The molecule has 0 bridgehead atoms. The maximum absolute atomic E-state index is 12.1. The van der Waals surface area contributed by atoms with E-state index in [0.717, 1.165) is 16.4 Å². The average Bonchev–Trinajstić information content (AvgIpc) is 2.76. The third-order valence-electron chi connectivity index (χ3n) is 3.13. The molecule has 0 aliphatic heterocycles. The molecule has 0 aliphatic carbocycles. The van der Waals surface area contributed by atoms with E-state index in [0.29, 0.717) is 5.58 Å². The molecule has 0 amide bonds. The van der Waals surface area contributed by atoms with E-state index in [2.05, 4.69) is 0 Å². The number of sulfonamides is 1. The zero-order valence-corrected chi connectivity index (χ0v) is 11.4. The highest BCUT2D eigenvalue weighted by Crippen LogP contribution is 2.30. The van der Waals surface area contributed by atoms with Crippen LogP contribution in [-0.4, -0.2) is 26.8 Å². The van der Waals surface area contributed by atoms with Crippen LogP contribution in [0.3, 0.4) is 0 Å². The van der Waals surface area contributed by atoms with E-state index >= 15 is 0 Å². The minimum atomic E-state index is -3.42. The number of hydrogen-bond acceptors (Lipinski definition) is 3. The summed E-state index contributed by atoms with van der Waals surface area (Å²) in [5.41, 5.74) is 1.45. The smallest absolute Gasteiger partial charge is 0.242 e. The van der Waals surface area contributed by atoms with E-state index in [1.807, 2.05) is 24.3 Å². The zero-order valence-electron chi connectivity index (χ0n) is 10.6. The Labute approximate surface area is 111 Å². The van der Waals surface area contributed by atoms with Gasteiger partial charge >= 0.3 is 0 Å². The first-order valence-electron chi connectivity index (χ1n) is 5.84. The average molecular weight is 275 g/mol. The first-order chi connectivity index (χ1) is 9.00. The first kappa shape index (κ1) is 12.2. The summed E-state index contributed by atoms with van der Waals surface area (Å²) in [6.07, 6.45) is 0. The van der Waals surface area contributed by atoms with E-state index in [4.69, 9.17) is 4.42 Å². The standard InChI is InChI=1S/C14H13NO3S/c1-15(2)19(16,17)10-7-8-14-12(9-10)11-5-3-4-6-13(11)18-14/h3-9H,1-2H3. The van der Waals surface area contributed by atoms with Gasteiger partial charge < -0.3 is 4.42 Å². The number of furan rings is 1. The summed E-state index contributed by atoms with van der Waals surface area (Å²) >= 11 is 0. The number of para-hydroxylation sites is 1. The number of rotatable bonds is 2. The van der Waals surface area contributed by atoms with E-state index in [-0.39, 0.29) is 4.90 Å². The summed E-state index contributed by atoms with van der Waals surface area (Å²) in [6.45, 7) is 0. The van der Waals surface area contributed by atoms with Gasteiger partial charge in [-0.25, -0.2) is 12.7 Å². The van der Waals surface area contributed by atoms with Gasteiger partial charge in [0.05, 0.1) is 4.90 Å². The molecule has 1 aromatic heterocycles. The number of hydrogen-bond donors (Lipinski definition) is 0. The molecule has 5 heteroatoms. The van der Waals surface area contributed by atoms with Crippen molar-refractivity contribution in [1.29, 1.82) is 0 Å². The molecule has 0 radical (unpaired) electrons. The summed E-state index contributed by atoms with van der Waals surface area (Å²) in [5.74, 6) is 0. The van der Waals surface area contributed by atoms with Gasteiger partial charge in [-0.15, -0.1) is 0 Å². The third kappa shape index (κ3) is 1.82. The van der Waals surface area contributed by atoms with Gasteiger partial charge in [0.2, 0.25) is 10.0 Å². The molecule has 1 heterocycles. The Morgan fingerprint density at radius 3 is 2.37 bits per heavy atom. The van der Waals surface area contributed by atoms with Gasteiger partial charge in [0.25, 0.3) is 0 Å². The molecule has 0 saturated heterocycles. The summed E-state index contributed by atoms with van der Waals surface area (Å²) in [6, 6.07) is 12.5. The van der Waals surface area contributed by atoms with Crippen molar-refractivity contribution in [2.45, 2.75) is 4.90 Å². The molecule has 3 aromatic rings. The molecule has 98 valence electrons. The highest BCUT2D eigenvalue weighted by molar-refractivity contribution is 7.89. The van der Waals surface area contributed by atoms with Crippen LogP contribution in [0.4, 0.5) is 0 Å². The monoisotopic (exact) mass is 275 g/mol. The maximum atomic E-state index is 12.1. The highest BCUT2D eigenvalue weighted by Gasteiger charge is 2.18. The van der Waals surface area contributed by atoms with E-state index in [1.165, 1.54) is 18.4 Å². The van der Waals surface area contributed by atoms with Crippen LogP contribution in [0, 0.1) is 0 Å². The van der Waals surface area contributed by atoms with Crippen molar-refractivity contribution in [2.75, 3.05) is 14.1 Å². The van der Waals surface area contributed by atoms with E-state index in [1.54, 1.807) is 18.2 Å². The Morgan fingerprint density at radius 1 is 0.947 bits per heavy atom. The second-order valence-electron chi connectivity index (χ2n) is 4.54. The van der Waals surface area contributed by atoms with Gasteiger partial charge in [-0.3, -0.25) is 0 Å². The van der Waals surface area contributed by atoms with Crippen molar-refractivity contribution >= 4 is 32.0 Å². The summed E-state index contributed by atoms with van der Waals surface area (Å²) < 4.78 is 31.1. The second-order valence-corrected chi connectivity index (χ2v) is 6.70. The van der Waals surface area contributed by atoms with Crippen molar-refractivity contribution < 1.29 is 12.8 Å². The van der Waals surface area contributed by atoms with Gasteiger partial charge in [0.15, 0.2) is 0 Å². The van der Waals surface area contributed by atoms with Gasteiger partial charge in [-0.2, -0.15) is 0 Å². The van der Waals surface area contributed by atoms with Crippen LogP contribution >= 0.6 is 0 Å². The topological polar surface area (TPSA) is 50.5 Å². The van der Waals surface area contributed by atoms with Gasteiger partial charge in [0.1, 0.15) is 11.2 Å². The molecule has 0 saturated carbocycles. The maximum Gasteiger partial charge on any atom is 0.242 e. The summed E-state index contributed by atoms with van der Waals surface area (Å²) in [5, 5.41) is 1.74. The lowest BCUT2D eigenvalue weighted by molar-refractivity contribution is 0.521. The van der Waals surface area contributed by atoms with Crippen molar-refractivity contribution in [3.63, 3.8) is 0 Å². The molecular formula is C14H13NO3S. The van der Waals surface area contributed by atoms with Crippen molar-refractivity contribution in [2.24, 2.45) is 0 Å². The molecule has 4 nitrogen and oxygen atoms in total. The van der Waals surface area contributed by atoms with Gasteiger partial charge in [0, 0.05) is 24.9 Å². The van der Waals surface area contributed by atoms with Crippen LogP contribution in [0.5, 0.6) is 0 Å². The molecule has 3 rings (SSSR count). The lowest BCUT2D eigenvalue weighted by Crippen LogP contribution is -2.22. The minimum Gasteiger partial charge on any atom is -0.456 e. The minimum absolute atomic E-state index is 0.275. The SMILES string of the molecule is CN(C)S(=O)(=O)c1ccc2oc3ccccc3c2c1. The van der Waals surface area contributed by atoms with Gasteiger partial charge in [-0.05, 0) is 24.3 Å². The van der Waals surface area contributed by atoms with Crippen LogP contribution in [0.15, 0.2) is 51.8 Å². The Morgan fingerprint density at radius 2 is 1.63 bits per heavy atom. The molecule has 2 aromatic carbocycles. The molecule has 19 heavy (non-hydrogen) atoms. The van der Waals surface area contributed by atoms with Crippen LogP contribution < -0.4 is 0 Å². The van der Waals surface area contributed by atoms with Crippen LogP contribution in [0.25, 0.3) is 21.9 Å². The molecule has 0 spiro atoms. The highest BCUT2D eigenvalue weighted by atomic mass is 32.2. The van der Waals surface area contributed by atoms with Crippen molar-refractivity contribution in [3.05, 3.63) is 42.5 Å². The molecule has 0 N–H and O–H groups in total. The Bertz CT molecular complexity index is 863. The molecular weight excluding hydrogens is 262 g/mol. The molecule has 0 unspecified atom stereocenters. The molecule has 0 fully saturated rings. The van der Waals surface area contributed by atoms with Crippen molar-refractivity contribution in [1.82, 2.24) is 4.31 Å². The zero-order chi connectivity index (χ0) is 13.6. The fourth-order valence-electron chi connectivity index (χ4n) is 2.08. The largest absolute Gasteiger partial charge is 0.456 e. The normalized spacial score (nSPS) is 12.6. The Hall–Kier alpha value is -1.85. The van der Waals surface area contributed by atoms with Crippen LogP contribution in [-0.2, 0) is 10.0 Å². The van der Waals surface area contributed by atoms with E-state index in [9.17, 15) is 8.42 Å². The predicted octanol–water partition coefficient (Wildman–Crippen LogP) is 2.84. The fourth-order valence-corrected chi connectivity index (χ4v) is 3.00. The summed E-state index contributed by atoms with van der Waals surface area (Å²) in [4.78, 5) is 0.275. The first-order valence-corrected chi connectivity index (χ1v) is 7.28. The molecule has 0 atom stereocenters.